The highest BCUT2D eigenvalue weighted by molar-refractivity contribution is 5.73. The van der Waals surface area contributed by atoms with E-state index in [9.17, 15) is 4.79 Å². The Bertz CT molecular complexity index is 427. The van der Waals surface area contributed by atoms with Crippen molar-refractivity contribution in [1.82, 2.24) is 15.6 Å². The standard InChI is InChI=1S/C14H22N4O/c1-11(19)17-13-5-8-18(9-6-13)14-12(10-15-2)4-3-7-16-14/h3-4,7,13,15H,5-6,8-10H2,1-2H3,(H,17,19). The predicted octanol–water partition coefficient (Wildman–Crippen LogP) is 0.906. The van der Waals surface area contributed by atoms with Gasteiger partial charge in [-0.05, 0) is 26.0 Å². The van der Waals surface area contributed by atoms with Crippen molar-refractivity contribution in [3.63, 3.8) is 0 Å². The van der Waals surface area contributed by atoms with E-state index in [0.29, 0.717) is 6.04 Å². The smallest absolute Gasteiger partial charge is 0.217 e. The maximum absolute atomic E-state index is 11.1. The molecule has 0 unspecified atom stereocenters. The third kappa shape index (κ3) is 3.67. The van der Waals surface area contributed by atoms with Crippen molar-refractivity contribution in [2.24, 2.45) is 0 Å². The zero-order valence-corrected chi connectivity index (χ0v) is 11.6. The Labute approximate surface area is 114 Å². The molecule has 5 heteroatoms. The Kier molecular flexibility index (Phi) is 4.74. The molecule has 0 radical (unpaired) electrons. The Hall–Kier alpha value is -1.62. The molecule has 0 aromatic carbocycles. The Balaban J connectivity index is 1.99. The zero-order valence-electron chi connectivity index (χ0n) is 11.6. The molecule has 1 saturated heterocycles. The SMILES string of the molecule is CNCc1cccnc1N1CCC(NC(C)=O)CC1. The monoisotopic (exact) mass is 262 g/mol. The first kappa shape index (κ1) is 13.8. The summed E-state index contributed by atoms with van der Waals surface area (Å²) >= 11 is 0. The lowest BCUT2D eigenvalue weighted by Crippen LogP contribution is -2.44. The lowest BCUT2D eigenvalue weighted by molar-refractivity contribution is -0.119. The fourth-order valence-electron chi connectivity index (χ4n) is 2.57. The number of pyridine rings is 1. The predicted molar refractivity (Wildman–Crippen MR) is 76.1 cm³/mol. The second-order valence-electron chi connectivity index (χ2n) is 4.98. The molecule has 1 fully saturated rings. The third-order valence-electron chi connectivity index (χ3n) is 3.44. The number of aromatic nitrogens is 1. The van der Waals surface area contributed by atoms with Crippen molar-refractivity contribution in [2.75, 3.05) is 25.0 Å². The number of carbonyl (C=O) groups excluding carboxylic acids is 1. The van der Waals surface area contributed by atoms with Gasteiger partial charge in [-0.15, -0.1) is 0 Å². The van der Waals surface area contributed by atoms with Crippen LogP contribution in [0.15, 0.2) is 18.3 Å². The fraction of sp³-hybridized carbons (Fsp3) is 0.571. The van der Waals surface area contributed by atoms with E-state index in [1.54, 1.807) is 6.92 Å². The van der Waals surface area contributed by atoms with E-state index in [0.717, 1.165) is 38.3 Å². The molecule has 2 rings (SSSR count). The largest absolute Gasteiger partial charge is 0.356 e. The average molecular weight is 262 g/mol. The molecule has 0 saturated carbocycles. The van der Waals surface area contributed by atoms with Crippen LogP contribution in [0.3, 0.4) is 0 Å². The number of carbonyl (C=O) groups is 1. The second-order valence-corrected chi connectivity index (χ2v) is 4.98. The highest BCUT2D eigenvalue weighted by atomic mass is 16.1. The number of amides is 1. The summed E-state index contributed by atoms with van der Waals surface area (Å²) in [5.41, 5.74) is 1.22. The van der Waals surface area contributed by atoms with Gasteiger partial charge in [-0.2, -0.15) is 0 Å². The summed E-state index contributed by atoms with van der Waals surface area (Å²) in [6.45, 7) is 4.29. The topological polar surface area (TPSA) is 57.3 Å². The van der Waals surface area contributed by atoms with Crippen molar-refractivity contribution in [2.45, 2.75) is 32.4 Å². The van der Waals surface area contributed by atoms with Crippen LogP contribution in [0.1, 0.15) is 25.3 Å². The van der Waals surface area contributed by atoms with E-state index in [2.05, 4.69) is 26.6 Å². The average Bonchev–Trinajstić information content (AvgIpc) is 2.40. The summed E-state index contributed by atoms with van der Waals surface area (Å²) in [5.74, 6) is 1.13. The molecule has 0 spiro atoms. The van der Waals surface area contributed by atoms with E-state index in [4.69, 9.17) is 0 Å². The highest BCUT2D eigenvalue weighted by Crippen LogP contribution is 2.21. The lowest BCUT2D eigenvalue weighted by Gasteiger charge is -2.34. The molecule has 2 heterocycles. The molecule has 104 valence electrons. The molecular weight excluding hydrogens is 240 g/mol. The van der Waals surface area contributed by atoms with Crippen LogP contribution < -0.4 is 15.5 Å². The van der Waals surface area contributed by atoms with Gasteiger partial charge in [-0.25, -0.2) is 4.98 Å². The van der Waals surface area contributed by atoms with Gasteiger partial charge in [0.2, 0.25) is 5.91 Å². The molecule has 2 N–H and O–H groups in total. The van der Waals surface area contributed by atoms with E-state index in [1.807, 2.05) is 19.3 Å². The van der Waals surface area contributed by atoms with Gasteiger partial charge in [0, 0.05) is 44.4 Å². The van der Waals surface area contributed by atoms with Crippen LogP contribution in [0.5, 0.6) is 0 Å². The van der Waals surface area contributed by atoms with Crippen molar-refractivity contribution in [1.29, 1.82) is 0 Å². The molecule has 0 atom stereocenters. The van der Waals surface area contributed by atoms with Gasteiger partial charge in [0.1, 0.15) is 5.82 Å². The van der Waals surface area contributed by atoms with Crippen molar-refractivity contribution in [3.8, 4) is 0 Å². The maximum Gasteiger partial charge on any atom is 0.217 e. The number of rotatable bonds is 4. The van der Waals surface area contributed by atoms with Gasteiger partial charge < -0.3 is 15.5 Å². The highest BCUT2D eigenvalue weighted by Gasteiger charge is 2.21. The summed E-state index contributed by atoms with van der Waals surface area (Å²) < 4.78 is 0. The second kappa shape index (κ2) is 6.52. The molecule has 1 aliphatic rings. The van der Waals surface area contributed by atoms with Crippen LogP contribution in [-0.4, -0.2) is 37.1 Å². The molecule has 1 aromatic rings. The minimum Gasteiger partial charge on any atom is -0.356 e. The van der Waals surface area contributed by atoms with Gasteiger partial charge in [0.15, 0.2) is 0 Å². The van der Waals surface area contributed by atoms with Crippen molar-refractivity contribution in [3.05, 3.63) is 23.9 Å². The van der Waals surface area contributed by atoms with E-state index in [-0.39, 0.29) is 5.91 Å². The molecule has 0 aliphatic carbocycles. The van der Waals surface area contributed by atoms with Crippen LogP contribution in [0.4, 0.5) is 5.82 Å². The van der Waals surface area contributed by atoms with E-state index in [1.165, 1.54) is 5.56 Å². The number of piperidine rings is 1. The number of hydrogen-bond donors (Lipinski definition) is 2. The van der Waals surface area contributed by atoms with Crippen molar-refractivity contribution >= 4 is 11.7 Å². The van der Waals surface area contributed by atoms with Crippen LogP contribution >= 0.6 is 0 Å². The first-order chi connectivity index (χ1) is 9.20. The number of nitrogens with one attached hydrogen (secondary N) is 2. The van der Waals surface area contributed by atoms with Gasteiger partial charge in [-0.1, -0.05) is 6.07 Å². The molecule has 0 bridgehead atoms. The van der Waals surface area contributed by atoms with Crippen LogP contribution in [-0.2, 0) is 11.3 Å². The summed E-state index contributed by atoms with van der Waals surface area (Å²) in [7, 11) is 1.94. The molecule has 5 nitrogen and oxygen atoms in total. The molecule has 1 aliphatic heterocycles. The van der Waals surface area contributed by atoms with Gasteiger partial charge in [-0.3, -0.25) is 4.79 Å². The summed E-state index contributed by atoms with van der Waals surface area (Å²) in [6.07, 6.45) is 3.80. The Morgan fingerprint density at radius 1 is 1.47 bits per heavy atom. The number of hydrogen-bond acceptors (Lipinski definition) is 4. The normalized spacial score (nSPS) is 16.4. The van der Waals surface area contributed by atoms with Gasteiger partial charge >= 0.3 is 0 Å². The summed E-state index contributed by atoms with van der Waals surface area (Å²) in [5, 5.41) is 6.17. The fourth-order valence-corrected chi connectivity index (χ4v) is 2.57. The summed E-state index contributed by atoms with van der Waals surface area (Å²) in [4.78, 5) is 17.9. The number of nitrogens with zero attached hydrogens (tertiary/aromatic N) is 2. The van der Waals surface area contributed by atoms with Crippen LogP contribution in [0, 0.1) is 0 Å². The molecule has 1 amide bonds. The summed E-state index contributed by atoms with van der Waals surface area (Å²) in [6, 6.07) is 4.39. The minimum atomic E-state index is 0.0622. The van der Waals surface area contributed by atoms with Crippen LogP contribution in [0.25, 0.3) is 0 Å². The van der Waals surface area contributed by atoms with Crippen molar-refractivity contribution < 1.29 is 4.79 Å². The third-order valence-corrected chi connectivity index (χ3v) is 3.44. The van der Waals surface area contributed by atoms with E-state index < -0.39 is 0 Å². The van der Waals surface area contributed by atoms with Gasteiger partial charge in [0.25, 0.3) is 0 Å². The van der Waals surface area contributed by atoms with Gasteiger partial charge in [0.05, 0.1) is 0 Å². The molecular formula is C14H22N4O. The Morgan fingerprint density at radius 2 is 2.21 bits per heavy atom. The molecule has 19 heavy (non-hydrogen) atoms. The quantitative estimate of drug-likeness (QED) is 0.846. The van der Waals surface area contributed by atoms with E-state index >= 15 is 0 Å². The first-order valence-corrected chi connectivity index (χ1v) is 6.81. The minimum absolute atomic E-state index is 0.0622. The number of anilines is 1. The lowest BCUT2D eigenvalue weighted by atomic mass is 10.0. The van der Waals surface area contributed by atoms with Crippen LogP contribution in [0.2, 0.25) is 0 Å². The maximum atomic E-state index is 11.1. The Morgan fingerprint density at radius 3 is 2.84 bits per heavy atom. The molecule has 1 aromatic heterocycles. The first-order valence-electron chi connectivity index (χ1n) is 6.81. The zero-order chi connectivity index (χ0) is 13.7.